The third kappa shape index (κ3) is 2.12. The molecule has 0 aliphatic heterocycles. The molecule has 0 atom stereocenters. The number of ketones is 1. The van der Waals surface area contributed by atoms with E-state index in [0.717, 1.165) is 0 Å². The quantitative estimate of drug-likeness (QED) is 0.712. The Morgan fingerprint density at radius 1 is 1.38 bits per heavy atom. The molecule has 1 heterocycles. The second-order valence-electron chi connectivity index (χ2n) is 3.21. The monoisotopic (exact) mass is 212 g/mol. The molecule has 5 heteroatoms. The highest BCUT2D eigenvalue weighted by atomic mass is 16.1. The molecule has 0 spiro atoms. The van der Waals surface area contributed by atoms with Crippen molar-refractivity contribution in [1.82, 2.24) is 14.8 Å². The summed E-state index contributed by atoms with van der Waals surface area (Å²) in [6.45, 7) is 0.159. The van der Waals surface area contributed by atoms with Crippen LogP contribution in [0.3, 0.4) is 0 Å². The maximum Gasteiger partial charge on any atom is 0.184 e. The van der Waals surface area contributed by atoms with Crippen LogP contribution in [-0.4, -0.2) is 20.5 Å². The third-order valence-corrected chi connectivity index (χ3v) is 2.11. The fourth-order valence-corrected chi connectivity index (χ4v) is 1.28. The second kappa shape index (κ2) is 4.36. The molecule has 0 N–H and O–H groups in total. The van der Waals surface area contributed by atoms with Gasteiger partial charge in [0, 0.05) is 5.56 Å². The Labute approximate surface area is 92.0 Å². The Kier molecular flexibility index (Phi) is 2.74. The van der Waals surface area contributed by atoms with Crippen LogP contribution in [0.1, 0.15) is 15.9 Å². The summed E-state index contributed by atoms with van der Waals surface area (Å²) in [5, 5.41) is 12.5. The smallest absolute Gasteiger partial charge is 0.184 e. The van der Waals surface area contributed by atoms with Gasteiger partial charge in [-0.3, -0.25) is 4.79 Å². The molecule has 16 heavy (non-hydrogen) atoms. The number of benzene rings is 1. The number of aromatic nitrogens is 3. The number of nitrogens with zero attached hydrogens (tertiary/aromatic N) is 4. The summed E-state index contributed by atoms with van der Waals surface area (Å²) in [5.41, 5.74) is 1.10. The summed E-state index contributed by atoms with van der Waals surface area (Å²) in [6.07, 6.45) is 2.87. The number of hydrogen-bond donors (Lipinski definition) is 0. The van der Waals surface area contributed by atoms with Crippen LogP contribution in [0.15, 0.2) is 36.9 Å². The van der Waals surface area contributed by atoms with E-state index in [-0.39, 0.29) is 12.3 Å². The van der Waals surface area contributed by atoms with Gasteiger partial charge in [0.15, 0.2) is 5.78 Å². The van der Waals surface area contributed by atoms with Crippen molar-refractivity contribution < 1.29 is 4.79 Å². The predicted molar refractivity (Wildman–Crippen MR) is 55.5 cm³/mol. The van der Waals surface area contributed by atoms with Crippen LogP contribution >= 0.6 is 0 Å². The van der Waals surface area contributed by atoms with Gasteiger partial charge in [0.25, 0.3) is 0 Å². The van der Waals surface area contributed by atoms with Crippen molar-refractivity contribution in [2.24, 2.45) is 0 Å². The molecular weight excluding hydrogens is 204 g/mol. The van der Waals surface area contributed by atoms with E-state index in [0.29, 0.717) is 11.1 Å². The molecule has 1 aromatic carbocycles. The first-order valence-electron chi connectivity index (χ1n) is 4.65. The Morgan fingerprint density at radius 2 is 2.12 bits per heavy atom. The highest BCUT2D eigenvalue weighted by molar-refractivity contribution is 5.95. The van der Waals surface area contributed by atoms with E-state index in [9.17, 15) is 4.79 Å². The molecule has 0 fully saturated rings. The van der Waals surface area contributed by atoms with Gasteiger partial charge in [0.2, 0.25) is 0 Å². The third-order valence-electron chi connectivity index (χ3n) is 2.11. The van der Waals surface area contributed by atoms with Crippen LogP contribution in [0.25, 0.3) is 0 Å². The molecular formula is C11H8N4O. The second-order valence-corrected chi connectivity index (χ2v) is 3.21. The van der Waals surface area contributed by atoms with Gasteiger partial charge in [-0.15, -0.1) is 0 Å². The van der Waals surface area contributed by atoms with Crippen LogP contribution in [-0.2, 0) is 6.54 Å². The van der Waals surface area contributed by atoms with Crippen LogP contribution in [0, 0.1) is 11.3 Å². The maximum absolute atomic E-state index is 11.7. The van der Waals surface area contributed by atoms with E-state index in [2.05, 4.69) is 10.1 Å². The van der Waals surface area contributed by atoms with Gasteiger partial charge in [-0.05, 0) is 12.1 Å². The van der Waals surface area contributed by atoms with E-state index in [1.807, 2.05) is 6.07 Å². The van der Waals surface area contributed by atoms with Crippen LogP contribution in [0.4, 0.5) is 0 Å². The zero-order chi connectivity index (χ0) is 11.4. The average molecular weight is 212 g/mol. The molecule has 0 aliphatic rings. The molecule has 2 aromatic rings. The zero-order valence-corrected chi connectivity index (χ0v) is 8.37. The van der Waals surface area contributed by atoms with Crippen molar-refractivity contribution in [2.45, 2.75) is 6.54 Å². The normalized spacial score (nSPS) is 9.69. The van der Waals surface area contributed by atoms with Gasteiger partial charge in [0.1, 0.15) is 19.2 Å². The molecule has 2 rings (SSSR count). The number of rotatable bonds is 3. The van der Waals surface area contributed by atoms with Gasteiger partial charge in [0.05, 0.1) is 11.6 Å². The summed E-state index contributed by atoms with van der Waals surface area (Å²) in [6, 6.07) is 8.51. The summed E-state index contributed by atoms with van der Waals surface area (Å²) >= 11 is 0. The summed E-state index contributed by atoms with van der Waals surface area (Å²) in [5.74, 6) is -0.0602. The van der Waals surface area contributed by atoms with Crippen molar-refractivity contribution in [3.05, 3.63) is 48.0 Å². The highest BCUT2D eigenvalue weighted by Gasteiger charge is 2.06. The minimum absolute atomic E-state index is 0.0602. The average Bonchev–Trinajstić information content (AvgIpc) is 2.82. The summed E-state index contributed by atoms with van der Waals surface area (Å²) in [7, 11) is 0. The molecule has 0 saturated carbocycles. The lowest BCUT2D eigenvalue weighted by molar-refractivity contribution is 0.0967. The van der Waals surface area contributed by atoms with Crippen molar-refractivity contribution in [3.63, 3.8) is 0 Å². The molecule has 0 unspecified atom stereocenters. The lowest BCUT2D eigenvalue weighted by atomic mass is 10.1. The van der Waals surface area contributed by atoms with E-state index in [1.54, 1.807) is 24.3 Å². The lowest BCUT2D eigenvalue weighted by Crippen LogP contribution is -2.10. The highest BCUT2D eigenvalue weighted by Crippen LogP contribution is 2.05. The van der Waals surface area contributed by atoms with Crippen molar-refractivity contribution in [1.29, 1.82) is 5.26 Å². The standard InChI is InChI=1S/C11H8N4O/c12-5-9-1-3-10(4-2-9)11(16)6-15-8-13-7-14-15/h1-4,7-8H,6H2. The Morgan fingerprint density at radius 3 is 2.69 bits per heavy atom. The Hall–Kier alpha value is -2.48. The molecule has 0 bridgehead atoms. The molecule has 0 saturated heterocycles. The SMILES string of the molecule is N#Cc1ccc(C(=O)Cn2cncn2)cc1. The van der Waals surface area contributed by atoms with E-state index in [4.69, 9.17) is 5.26 Å². The number of carbonyl (C=O) groups excluding carboxylic acids is 1. The topological polar surface area (TPSA) is 71.6 Å². The summed E-state index contributed by atoms with van der Waals surface area (Å²) < 4.78 is 1.46. The number of hydrogen-bond acceptors (Lipinski definition) is 4. The van der Waals surface area contributed by atoms with Crippen molar-refractivity contribution in [3.8, 4) is 6.07 Å². The fraction of sp³-hybridized carbons (Fsp3) is 0.0909. The van der Waals surface area contributed by atoms with Gasteiger partial charge in [-0.1, -0.05) is 12.1 Å². The molecule has 0 radical (unpaired) electrons. The largest absolute Gasteiger partial charge is 0.292 e. The predicted octanol–water partition coefficient (Wildman–Crippen LogP) is 1.03. The zero-order valence-electron chi connectivity index (χ0n) is 8.37. The molecule has 78 valence electrons. The molecule has 1 aromatic heterocycles. The first-order valence-corrected chi connectivity index (χ1v) is 4.65. The van der Waals surface area contributed by atoms with E-state index < -0.39 is 0 Å². The van der Waals surface area contributed by atoms with Crippen molar-refractivity contribution in [2.75, 3.05) is 0 Å². The van der Waals surface area contributed by atoms with E-state index >= 15 is 0 Å². The van der Waals surface area contributed by atoms with Gasteiger partial charge >= 0.3 is 0 Å². The minimum atomic E-state index is -0.0602. The first-order chi connectivity index (χ1) is 7.79. The lowest BCUT2D eigenvalue weighted by Gasteiger charge is -2.00. The molecule has 0 amide bonds. The van der Waals surface area contributed by atoms with Gasteiger partial charge < -0.3 is 0 Å². The van der Waals surface area contributed by atoms with Crippen LogP contribution in [0.5, 0.6) is 0 Å². The Balaban J connectivity index is 2.12. The van der Waals surface area contributed by atoms with Crippen LogP contribution < -0.4 is 0 Å². The Bertz CT molecular complexity index is 522. The maximum atomic E-state index is 11.7. The summed E-state index contributed by atoms with van der Waals surface area (Å²) in [4.78, 5) is 15.5. The minimum Gasteiger partial charge on any atom is -0.292 e. The van der Waals surface area contributed by atoms with E-state index in [1.165, 1.54) is 17.3 Å². The fourth-order valence-electron chi connectivity index (χ4n) is 1.28. The number of carbonyl (C=O) groups is 1. The van der Waals surface area contributed by atoms with Gasteiger partial charge in [-0.25, -0.2) is 9.67 Å². The van der Waals surface area contributed by atoms with Crippen LogP contribution in [0.2, 0.25) is 0 Å². The number of Topliss-reactive ketones (excluding diaryl/α,β-unsaturated/α-hetero) is 1. The molecule has 5 nitrogen and oxygen atoms in total. The van der Waals surface area contributed by atoms with Gasteiger partial charge in [-0.2, -0.15) is 10.4 Å². The molecule has 0 aliphatic carbocycles. The first kappa shape index (κ1) is 10.1. The van der Waals surface area contributed by atoms with Crippen molar-refractivity contribution >= 4 is 5.78 Å². The number of nitriles is 1.